The molecule has 1 unspecified atom stereocenters. The third-order valence-corrected chi connectivity index (χ3v) is 5.27. The SMILES string of the molecule is CCCCN1C(=O)NC(c2ccc(F)cc2)C(c2nc(-c3cccc(F)c3)no2)=C1C. The maximum Gasteiger partial charge on any atom is 0.322 e. The zero-order valence-electron chi connectivity index (χ0n) is 17.2. The predicted octanol–water partition coefficient (Wildman–Crippen LogP) is 5.31. The number of carbonyl (C=O) groups excluding carboxylic acids is 1. The van der Waals surface area contributed by atoms with Crippen molar-refractivity contribution in [3.8, 4) is 11.4 Å². The summed E-state index contributed by atoms with van der Waals surface area (Å²) < 4.78 is 32.6. The number of rotatable bonds is 6. The van der Waals surface area contributed by atoms with E-state index < -0.39 is 11.9 Å². The lowest BCUT2D eigenvalue weighted by Crippen LogP contribution is -2.46. The first-order valence-electron chi connectivity index (χ1n) is 10.1. The van der Waals surface area contributed by atoms with Gasteiger partial charge in [-0.2, -0.15) is 4.98 Å². The lowest BCUT2D eigenvalue weighted by molar-refractivity contribution is 0.204. The fourth-order valence-corrected chi connectivity index (χ4v) is 3.63. The van der Waals surface area contributed by atoms with Crippen LogP contribution in [-0.4, -0.2) is 27.6 Å². The third-order valence-electron chi connectivity index (χ3n) is 5.27. The molecule has 2 heterocycles. The van der Waals surface area contributed by atoms with Gasteiger partial charge < -0.3 is 9.84 Å². The first-order chi connectivity index (χ1) is 15.0. The highest BCUT2D eigenvalue weighted by Crippen LogP contribution is 2.37. The van der Waals surface area contributed by atoms with Crippen LogP contribution in [0.15, 0.2) is 58.8 Å². The van der Waals surface area contributed by atoms with Gasteiger partial charge in [0.15, 0.2) is 0 Å². The largest absolute Gasteiger partial charge is 0.334 e. The number of benzene rings is 2. The van der Waals surface area contributed by atoms with Crippen molar-refractivity contribution in [2.45, 2.75) is 32.7 Å². The van der Waals surface area contributed by atoms with Gasteiger partial charge >= 0.3 is 6.03 Å². The molecule has 1 atom stereocenters. The van der Waals surface area contributed by atoms with Gasteiger partial charge in [0, 0.05) is 17.8 Å². The number of hydrogen-bond acceptors (Lipinski definition) is 4. The van der Waals surface area contributed by atoms with Crippen molar-refractivity contribution >= 4 is 11.6 Å². The highest BCUT2D eigenvalue weighted by atomic mass is 19.1. The molecule has 0 radical (unpaired) electrons. The quantitative estimate of drug-likeness (QED) is 0.582. The summed E-state index contributed by atoms with van der Waals surface area (Å²) in [5.74, 6) is -0.319. The zero-order chi connectivity index (χ0) is 22.0. The molecule has 3 aromatic rings. The Hall–Kier alpha value is -3.55. The Morgan fingerprint density at radius 2 is 1.90 bits per heavy atom. The molecule has 2 amide bonds. The summed E-state index contributed by atoms with van der Waals surface area (Å²) in [6.07, 6.45) is 1.76. The van der Waals surface area contributed by atoms with E-state index in [1.165, 1.54) is 24.3 Å². The third kappa shape index (κ3) is 4.19. The Balaban J connectivity index is 1.80. The molecular weight excluding hydrogens is 402 g/mol. The molecule has 0 fully saturated rings. The van der Waals surface area contributed by atoms with E-state index in [0.29, 0.717) is 28.9 Å². The van der Waals surface area contributed by atoms with Crippen molar-refractivity contribution in [3.05, 3.63) is 77.3 Å². The number of aromatic nitrogens is 2. The monoisotopic (exact) mass is 424 g/mol. The van der Waals surface area contributed by atoms with Gasteiger partial charge in [0.1, 0.15) is 11.6 Å². The minimum absolute atomic E-state index is 0.215. The van der Waals surface area contributed by atoms with Crippen LogP contribution < -0.4 is 5.32 Å². The second kappa shape index (κ2) is 8.67. The Kier molecular flexibility index (Phi) is 5.79. The molecule has 4 rings (SSSR count). The van der Waals surface area contributed by atoms with Crippen LogP contribution >= 0.6 is 0 Å². The van der Waals surface area contributed by atoms with Crippen molar-refractivity contribution in [2.75, 3.05) is 6.54 Å². The van der Waals surface area contributed by atoms with E-state index in [4.69, 9.17) is 4.52 Å². The Labute approximate surface area is 178 Å². The van der Waals surface area contributed by atoms with E-state index in [-0.39, 0.29) is 23.6 Å². The van der Waals surface area contributed by atoms with Gasteiger partial charge in [-0.3, -0.25) is 4.90 Å². The molecule has 0 aliphatic carbocycles. The smallest absolute Gasteiger partial charge is 0.322 e. The normalized spacial score (nSPS) is 16.6. The number of halogens is 2. The highest BCUT2D eigenvalue weighted by Gasteiger charge is 2.35. The number of urea groups is 1. The molecular formula is C23H22F2N4O2. The number of unbranched alkanes of at least 4 members (excludes halogenated alkanes) is 1. The van der Waals surface area contributed by atoms with Gasteiger partial charge in [0.05, 0.1) is 11.6 Å². The molecule has 2 aromatic carbocycles. The number of carbonyl (C=O) groups is 1. The predicted molar refractivity (Wildman–Crippen MR) is 112 cm³/mol. The average molecular weight is 424 g/mol. The summed E-state index contributed by atoms with van der Waals surface area (Å²) >= 11 is 0. The van der Waals surface area contributed by atoms with Crippen molar-refractivity contribution in [1.29, 1.82) is 0 Å². The van der Waals surface area contributed by atoms with Crippen molar-refractivity contribution in [3.63, 3.8) is 0 Å². The summed E-state index contributed by atoms with van der Waals surface area (Å²) in [7, 11) is 0. The molecule has 0 saturated carbocycles. The molecule has 1 aromatic heterocycles. The average Bonchev–Trinajstić information content (AvgIpc) is 3.23. The summed E-state index contributed by atoms with van der Waals surface area (Å²) in [5, 5.41) is 6.97. The maximum absolute atomic E-state index is 13.6. The minimum atomic E-state index is -0.591. The van der Waals surface area contributed by atoms with Crippen LogP contribution in [0.4, 0.5) is 13.6 Å². The molecule has 0 bridgehead atoms. The highest BCUT2D eigenvalue weighted by molar-refractivity contribution is 5.86. The van der Waals surface area contributed by atoms with Crippen molar-refractivity contribution in [2.24, 2.45) is 0 Å². The second-order valence-electron chi connectivity index (χ2n) is 7.37. The fourth-order valence-electron chi connectivity index (χ4n) is 3.63. The van der Waals surface area contributed by atoms with Crippen molar-refractivity contribution in [1.82, 2.24) is 20.4 Å². The topological polar surface area (TPSA) is 71.3 Å². The molecule has 8 heteroatoms. The van der Waals surface area contributed by atoms with Crippen LogP contribution in [0.5, 0.6) is 0 Å². The van der Waals surface area contributed by atoms with Crippen LogP contribution in [0.1, 0.15) is 44.2 Å². The minimum Gasteiger partial charge on any atom is -0.334 e. The van der Waals surface area contributed by atoms with E-state index in [0.717, 1.165) is 12.8 Å². The summed E-state index contributed by atoms with van der Waals surface area (Å²) in [6.45, 7) is 4.41. The zero-order valence-corrected chi connectivity index (χ0v) is 17.2. The Bertz CT molecular complexity index is 1120. The first-order valence-corrected chi connectivity index (χ1v) is 10.1. The second-order valence-corrected chi connectivity index (χ2v) is 7.37. The number of nitrogens with zero attached hydrogens (tertiary/aromatic N) is 3. The molecule has 0 saturated heterocycles. The number of hydrogen-bond donors (Lipinski definition) is 1. The first kappa shape index (κ1) is 20.7. The van der Waals surface area contributed by atoms with Crippen molar-refractivity contribution < 1.29 is 18.1 Å². The number of allylic oxidation sites excluding steroid dienone is 1. The molecule has 1 N–H and O–H groups in total. The van der Waals surface area contributed by atoms with Gasteiger partial charge in [-0.25, -0.2) is 13.6 Å². The van der Waals surface area contributed by atoms with E-state index in [1.54, 1.807) is 29.2 Å². The molecule has 6 nitrogen and oxygen atoms in total. The van der Waals surface area contributed by atoms with E-state index in [9.17, 15) is 13.6 Å². The number of amides is 2. The summed E-state index contributed by atoms with van der Waals surface area (Å²) in [5.41, 5.74) is 2.47. The number of nitrogens with one attached hydrogen (secondary N) is 1. The van der Waals surface area contributed by atoms with Crippen LogP contribution in [0.3, 0.4) is 0 Å². The van der Waals surface area contributed by atoms with Crippen LogP contribution in [0, 0.1) is 11.6 Å². The lowest BCUT2D eigenvalue weighted by atomic mass is 9.94. The molecule has 1 aliphatic heterocycles. The van der Waals surface area contributed by atoms with Crippen LogP contribution in [0.25, 0.3) is 17.0 Å². The van der Waals surface area contributed by atoms with Crippen LogP contribution in [-0.2, 0) is 0 Å². The molecule has 160 valence electrons. The van der Waals surface area contributed by atoms with E-state index in [1.807, 2.05) is 13.8 Å². The van der Waals surface area contributed by atoms with Gasteiger partial charge in [-0.05, 0) is 43.2 Å². The summed E-state index contributed by atoms with van der Waals surface area (Å²) in [4.78, 5) is 18.9. The fraction of sp³-hybridized carbons (Fsp3) is 0.261. The Morgan fingerprint density at radius 1 is 1.13 bits per heavy atom. The van der Waals surface area contributed by atoms with Gasteiger partial charge in [0.25, 0.3) is 5.89 Å². The molecule has 31 heavy (non-hydrogen) atoms. The van der Waals surface area contributed by atoms with Crippen LogP contribution in [0.2, 0.25) is 0 Å². The summed E-state index contributed by atoms with van der Waals surface area (Å²) in [6, 6.07) is 11.0. The molecule has 1 aliphatic rings. The maximum atomic E-state index is 13.6. The standard InChI is InChI=1S/C23H22F2N4O2/c1-3-4-12-29-14(2)19(20(26-23(29)30)15-8-10-17(24)11-9-15)22-27-21(28-31-22)16-6-5-7-18(25)13-16/h5-11,13,20H,3-4,12H2,1-2H3,(H,26,30). The Morgan fingerprint density at radius 3 is 2.61 bits per heavy atom. The lowest BCUT2D eigenvalue weighted by Gasteiger charge is -2.35. The molecule has 0 spiro atoms. The van der Waals surface area contributed by atoms with Gasteiger partial charge in [-0.1, -0.05) is 42.8 Å². The van der Waals surface area contributed by atoms with Gasteiger partial charge in [0.2, 0.25) is 5.82 Å². The van der Waals surface area contributed by atoms with E-state index >= 15 is 0 Å². The van der Waals surface area contributed by atoms with E-state index in [2.05, 4.69) is 15.5 Å². The van der Waals surface area contributed by atoms with Gasteiger partial charge in [-0.15, -0.1) is 0 Å².